The van der Waals surface area contributed by atoms with Gasteiger partial charge in [-0.15, -0.1) is 0 Å². The highest BCUT2D eigenvalue weighted by Gasteiger charge is 2.34. The average molecular weight is 493 g/mol. The van der Waals surface area contributed by atoms with E-state index in [0.717, 1.165) is 5.69 Å². The Labute approximate surface area is 200 Å². The third kappa shape index (κ3) is 6.01. The summed E-state index contributed by atoms with van der Waals surface area (Å²) in [6.07, 6.45) is -2.94. The van der Waals surface area contributed by atoms with E-state index in [1.165, 1.54) is 11.0 Å². The van der Waals surface area contributed by atoms with Crippen molar-refractivity contribution in [3.05, 3.63) is 53.6 Å². The number of nitrogens with zero attached hydrogens (tertiary/aromatic N) is 4. The van der Waals surface area contributed by atoms with E-state index in [1.807, 2.05) is 28.4 Å². The van der Waals surface area contributed by atoms with E-state index in [4.69, 9.17) is 4.74 Å². The van der Waals surface area contributed by atoms with Gasteiger partial charge in [0.25, 0.3) is 5.91 Å². The SMILES string of the molecule is Cc1cc(N2C[C@H](CNC(=O)C(F)F)OC2=O)cc(F)c1N1CCNN(Cc2ccccn2)CC1. The Morgan fingerprint density at radius 3 is 2.83 bits per heavy atom. The first-order valence-electron chi connectivity index (χ1n) is 11.3. The normalized spacial score (nSPS) is 19.1. The van der Waals surface area contributed by atoms with Crippen LogP contribution < -0.4 is 20.5 Å². The number of ether oxygens (including phenoxy) is 1. The molecule has 1 atom stereocenters. The van der Waals surface area contributed by atoms with Crippen LogP contribution in [0.15, 0.2) is 36.5 Å². The molecule has 12 heteroatoms. The second-order valence-electron chi connectivity index (χ2n) is 8.39. The molecule has 2 saturated heterocycles. The summed E-state index contributed by atoms with van der Waals surface area (Å²) in [5.41, 5.74) is 5.70. The number of alkyl halides is 2. The second kappa shape index (κ2) is 10.9. The highest BCUT2D eigenvalue weighted by atomic mass is 19.3. The number of carbonyl (C=O) groups is 2. The minimum absolute atomic E-state index is 0.0106. The number of cyclic esters (lactones) is 1. The molecule has 2 N–H and O–H groups in total. The molecular weight excluding hydrogens is 465 g/mol. The molecule has 0 saturated carbocycles. The molecule has 2 aliphatic rings. The number of aryl methyl sites for hydroxylation is 1. The van der Waals surface area contributed by atoms with Gasteiger partial charge >= 0.3 is 12.5 Å². The molecule has 2 fully saturated rings. The van der Waals surface area contributed by atoms with E-state index in [2.05, 4.69) is 15.4 Å². The molecule has 0 bridgehead atoms. The number of pyridine rings is 1. The zero-order chi connectivity index (χ0) is 24.9. The van der Waals surface area contributed by atoms with E-state index in [9.17, 15) is 18.4 Å². The summed E-state index contributed by atoms with van der Waals surface area (Å²) in [5.74, 6) is -1.91. The lowest BCUT2D eigenvalue weighted by molar-refractivity contribution is -0.132. The molecule has 2 aliphatic heterocycles. The number of amides is 2. The van der Waals surface area contributed by atoms with Gasteiger partial charge in [0.05, 0.1) is 36.7 Å². The number of anilines is 2. The van der Waals surface area contributed by atoms with Crippen molar-refractivity contribution in [1.82, 2.24) is 20.7 Å². The number of halogens is 3. The second-order valence-corrected chi connectivity index (χ2v) is 8.39. The first-order chi connectivity index (χ1) is 16.8. The van der Waals surface area contributed by atoms with E-state index < -0.39 is 30.3 Å². The summed E-state index contributed by atoms with van der Waals surface area (Å²) >= 11 is 0. The Kier molecular flexibility index (Phi) is 7.71. The standard InChI is InChI=1S/C23H27F3N6O3/c1-15-10-17(32-14-18(35-23(32)34)12-28-22(33)21(25)26)11-19(24)20(15)30-7-6-29-31(9-8-30)13-16-4-2-3-5-27-16/h2-5,10-11,18,21,29H,6-9,12-14H2,1H3,(H,28,33)/t18-/m0/s1. The third-order valence-corrected chi connectivity index (χ3v) is 5.88. The number of rotatable bonds is 7. The van der Waals surface area contributed by atoms with Crippen LogP contribution in [-0.4, -0.2) is 73.8 Å². The molecule has 2 amide bonds. The number of aromatic nitrogens is 1. The van der Waals surface area contributed by atoms with Gasteiger partial charge in [-0.05, 0) is 36.8 Å². The van der Waals surface area contributed by atoms with Gasteiger partial charge in [0, 0.05) is 32.4 Å². The fourth-order valence-corrected chi connectivity index (χ4v) is 4.23. The maximum Gasteiger partial charge on any atom is 0.414 e. The Balaban J connectivity index is 1.40. The van der Waals surface area contributed by atoms with Crippen LogP contribution in [0.2, 0.25) is 0 Å². The van der Waals surface area contributed by atoms with E-state index in [-0.39, 0.29) is 13.1 Å². The van der Waals surface area contributed by atoms with Gasteiger partial charge in [-0.3, -0.25) is 20.1 Å². The van der Waals surface area contributed by atoms with Gasteiger partial charge in [0.1, 0.15) is 11.9 Å². The van der Waals surface area contributed by atoms with Crippen LogP contribution in [0.25, 0.3) is 0 Å². The zero-order valence-electron chi connectivity index (χ0n) is 19.2. The predicted molar refractivity (Wildman–Crippen MR) is 123 cm³/mol. The lowest BCUT2D eigenvalue weighted by atomic mass is 10.1. The number of hydrogen-bond acceptors (Lipinski definition) is 7. The summed E-state index contributed by atoms with van der Waals surface area (Å²) in [6, 6.07) is 8.72. The fourth-order valence-electron chi connectivity index (χ4n) is 4.23. The molecule has 4 rings (SSSR count). The molecule has 2 aromatic rings. The van der Waals surface area contributed by atoms with Gasteiger partial charge in [-0.25, -0.2) is 14.2 Å². The molecule has 0 unspecified atom stereocenters. The molecule has 1 aromatic heterocycles. The van der Waals surface area contributed by atoms with Crippen LogP contribution in [0, 0.1) is 12.7 Å². The van der Waals surface area contributed by atoms with Crippen molar-refractivity contribution in [2.75, 3.05) is 49.1 Å². The minimum Gasteiger partial charge on any atom is -0.442 e. The maximum atomic E-state index is 15.3. The third-order valence-electron chi connectivity index (χ3n) is 5.88. The number of hydrogen-bond donors (Lipinski definition) is 2. The van der Waals surface area contributed by atoms with Crippen molar-refractivity contribution < 1.29 is 27.5 Å². The van der Waals surface area contributed by atoms with E-state index >= 15 is 4.39 Å². The highest BCUT2D eigenvalue weighted by Crippen LogP contribution is 2.31. The Morgan fingerprint density at radius 2 is 2.11 bits per heavy atom. The molecule has 188 valence electrons. The first kappa shape index (κ1) is 24.7. The van der Waals surface area contributed by atoms with Crippen molar-refractivity contribution in [1.29, 1.82) is 0 Å². The molecule has 0 radical (unpaired) electrons. The van der Waals surface area contributed by atoms with Crippen LogP contribution >= 0.6 is 0 Å². The van der Waals surface area contributed by atoms with Gasteiger partial charge in [0.15, 0.2) is 0 Å². The van der Waals surface area contributed by atoms with Gasteiger partial charge in [-0.2, -0.15) is 8.78 Å². The van der Waals surface area contributed by atoms with Gasteiger partial charge in [0.2, 0.25) is 0 Å². The first-order valence-corrected chi connectivity index (χ1v) is 11.3. The monoisotopic (exact) mass is 492 g/mol. The molecule has 35 heavy (non-hydrogen) atoms. The van der Waals surface area contributed by atoms with Gasteiger partial charge < -0.3 is 15.0 Å². The van der Waals surface area contributed by atoms with Crippen LogP contribution in [0.1, 0.15) is 11.3 Å². The lowest BCUT2D eigenvalue weighted by Crippen LogP contribution is -2.38. The summed E-state index contributed by atoms with van der Waals surface area (Å²) in [5, 5.41) is 4.08. The summed E-state index contributed by atoms with van der Waals surface area (Å²) in [6.45, 7) is 4.62. The van der Waals surface area contributed by atoms with Crippen LogP contribution in [-0.2, 0) is 16.1 Å². The molecule has 1 aromatic carbocycles. The van der Waals surface area contributed by atoms with Crippen LogP contribution in [0.5, 0.6) is 0 Å². The van der Waals surface area contributed by atoms with Crippen LogP contribution in [0.3, 0.4) is 0 Å². The number of nitrogens with one attached hydrogen (secondary N) is 2. The Bertz CT molecular complexity index is 1040. The van der Waals surface area contributed by atoms with E-state index in [0.29, 0.717) is 49.7 Å². The molecule has 9 nitrogen and oxygen atoms in total. The minimum atomic E-state index is -3.15. The van der Waals surface area contributed by atoms with Gasteiger partial charge in [-0.1, -0.05) is 6.07 Å². The fraction of sp³-hybridized carbons (Fsp3) is 0.435. The lowest BCUT2D eigenvalue weighted by Gasteiger charge is -2.26. The average Bonchev–Trinajstić information content (AvgIpc) is 3.05. The van der Waals surface area contributed by atoms with Crippen LogP contribution in [0.4, 0.5) is 29.3 Å². The Morgan fingerprint density at radius 1 is 1.29 bits per heavy atom. The quantitative estimate of drug-likeness (QED) is 0.612. The molecule has 3 heterocycles. The molecule has 0 aliphatic carbocycles. The highest BCUT2D eigenvalue weighted by molar-refractivity contribution is 5.90. The van der Waals surface area contributed by atoms with Crippen molar-refractivity contribution in [3.8, 4) is 0 Å². The van der Waals surface area contributed by atoms with Crippen molar-refractivity contribution in [2.24, 2.45) is 0 Å². The smallest absolute Gasteiger partial charge is 0.414 e. The predicted octanol–water partition coefficient (Wildman–Crippen LogP) is 2.06. The number of benzene rings is 1. The number of hydrazine groups is 1. The molecule has 0 spiro atoms. The number of carbonyl (C=O) groups excluding carboxylic acids is 2. The zero-order valence-corrected chi connectivity index (χ0v) is 19.2. The molecular formula is C23H27F3N6O3. The van der Waals surface area contributed by atoms with Crippen molar-refractivity contribution >= 4 is 23.4 Å². The van der Waals surface area contributed by atoms with E-state index in [1.54, 1.807) is 19.2 Å². The topological polar surface area (TPSA) is 90.0 Å². The summed E-state index contributed by atoms with van der Waals surface area (Å²) < 4.78 is 45.1. The van der Waals surface area contributed by atoms with Crippen molar-refractivity contribution in [3.63, 3.8) is 0 Å². The largest absolute Gasteiger partial charge is 0.442 e. The maximum absolute atomic E-state index is 15.3. The Hall–Kier alpha value is -3.38. The summed E-state index contributed by atoms with van der Waals surface area (Å²) in [4.78, 5) is 30.9. The van der Waals surface area contributed by atoms with Crippen molar-refractivity contribution in [2.45, 2.75) is 26.0 Å². The summed E-state index contributed by atoms with van der Waals surface area (Å²) in [7, 11) is 0.